The summed E-state index contributed by atoms with van der Waals surface area (Å²) in [6.07, 6.45) is 5.14. The highest BCUT2D eigenvalue weighted by molar-refractivity contribution is 7.98. The van der Waals surface area contributed by atoms with Crippen LogP contribution in [0.5, 0.6) is 0 Å². The zero-order valence-electron chi connectivity index (χ0n) is 10.6. The summed E-state index contributed by atoms with van der Waals surface area (Å²) in [4.78, 5) is 11.5. The van der Waals surface area contributed by atoms with Crippen LogP contribution in [0.2, 0.25) is 0 Å². The lowest BCUT2D eigenvalue weighted by atomic mass is 9.77. The summed E-state index contributed by atoms with van der Waals surface area (Å²) in [5.74, 6) is 1.09. The van der Waals surface area contributed by atoms with Crippen molar-refractivity contribution in [2.75, 3.05) is 25.1 Å². The van der Waals surface area contributed by atoms with E-state index >= 15 is 0 Å². The van der Waals surface area contributed by atoms with Crippen LogP contribution in [0, 0.1) is 5.41 Å². The molecule has 1 atom stereocenters. The number of nitrogens with one attached hydrogen (secondary N) is 2. The van der Waals surface area contributed by atoms with E-state index in [2.05, 4.69) is 24.5 Å². The molecular formula is C12H24N2OS. The first-order chi connectivity index (χ1) is 7.56. The van der Waals surface area contributed by atoms with E-state index in [1.54, 1.807) is 11.8 Å². The Labute approximate surface area is 103 Å². The van der Waals surface area contributed by atoms with E-state index in [9.17, 15) is 4.79 Å². The molecule has 1 amide bonds. The van der Waals surface area contributed by atoms with E-state index in [0.717, 1.165) is 18.8 Å². The average Bonchev–Trinajstić information content (AvgIpc) is 2.24. The Balaban J connectivity index is 2.27. The highest BCUT2D eigenvalue weighted by Gasteiger charge is 2.31. The quantitative estimate of drug-likeness (QED) is 0.772. The Morgan fingerprint density at radius 3 is 2.94 bits per heavy atom. The summed E-state index contributed by atoms with van der Waals surface area (Å²) in [6.45, 7) is 6.39. The molecule has 1 rings (SSSR count). The Morgan fingerprint density at radius 2 is 2.31 bits per heavy atom. The topological polar surface area (TPSA) is 41.1 Å². The number of carbonyl (C=O) groups excluding carboxylic acids is 1. The van der Waals surface area contributed by atoms with Crippen LogP contribution in [-0.2, 0) is 4.79 Å². The monoisotopic (exact) mass is 244 g/mol. The lowest BCUT2D eigenvalue weighted by Gasteiger charge is -2.39. The molecule has 0 bridgehead atoms. The van der Waals surface area contributed by atoms with Gasteiger partial charge in [0, 0.05) is 24.8 Å². The van der Waals surface area contributed by atoms with Crippen LogP contribution in [0.1, 0.15) is 33.1 Å². The van der Waals surface area contributed by atoms with Gasteiger partial charge in [-0.25, -0.2) is 0 Å². The predicted octanol–water partition coefficient (Wildman–Crippen LogP) is 1.63. The largest absolute Gasteiger partial charge is 0.354 e. The fourth-order valence-electron chi connectivity index (χ4n) is 2.12. The molecule has 2 N–H and O–H groups in total. The average molecular weight is 244 g/mol. The van der Waals surface area contributed by atoms with Gasteiger partial charge >= 0.3 is 0 Å². The molecule has 0 saturated carbocycles. The summed E-state index contributed by atoms with van der Waals surface area (Å²) in [5, 5.41) is 6.53. The number of thioether (sulfide) groups is 1. The molecular weight excluding hydrogens is 220 g/mol. The van der Waals surface area contributed by atoms with Crippen molar-refractivity contribution in [1.82, 2.24) is 10.6 Å². The first kappa shape index (κ1) is 13.8. The van der Waals surface area contributed by atoms with Gasteiger partial charge in [0.1, 0.15) is 0 Å². The fourth-order valence-corrected chi connectivity index (χ4v) is 2.51. The lowest BCUT2D eigenvalue weighted by Crippen LogP contribution is -2.52. The second-order valence-electron chi connectivity index (χ2n) is 5.15. The Bertz CT molecular complexity index is 231. The predicted molar refractivity (Wildman–Crippen MR) is 70.8 cm³/mol. The van der Waals surface area contributed by atoms with E-state index in [1.165, 1.54) is 12.8 Å². The van der Waals surface area contributed by atoms with Crippen LogP contribution in [0.3, 0.4) is 0 Å². The minimum atomic E-state index is 0.178. The standard InChI is InChI=1S/C12H24N2OS/c1-12(2)6-4-7-13-10(12)9-14-11(15)5-8-16-3/h10,13H,4-9H2,1-3H3,(H,14,15). The summed E-state index contributed by atoms with van der Waals surface area (Å²) >= 11 is 1.71. The second-order valence-corrected chi connectivity index (χ2v) is 6.13. The number of carbonyl (C=O) groups is 1. The number of rotatable bonds is 5. The van der Waals surface area contributed by atoms with Crippen LogP contribution < -0.4 is 10.6 Å². The molecule has 0 spiro atoms. The minimum Gasteiger partial charge on any atom is -0.354 e. The molecule has 1 saturated heterocycles. The van der Waals surface area contributed by atoms with Crippen molar-refractivity contribution in [3.05, 3.63) is 0 Å². The molecule has 3 nitrogen and oxygen atoms in total. The molecule has 4 heteroatoms. The summed E-state index contributed by atoms with van der Waals surface area (Å²) in [5.41, 5.74) is 0.297. The number of hydrogen-bond acceptors (Lipinski definition) is 3. The third-order valence-corrected chi connectivity index (χ3v) is 3.98. The summed E-state index contributed by atoms with van der Waals surface area (Å²) in [6, 6.07) is 0.416. The molecule has 1 unspecified atom stereocenters. The normalized spacial score (nSPS) is 24.1. The maximum atomic E-state index is 11.5. The molecule has 0 radical (unpaired) electrons. The van der Waals surface area contributed by atoms with Crippen LogP contribution >= 0.6 is 11.8 Å². The molecule has 0 aromatic rings. The SMILES string of the molecule is CSCCC(=O)NCC1NCCCC1(C)C. The molecule has 1 aliphatic heterocycles. The number of hydrogen-bond donors (Lipinski definition) is 2. The van der Waals surface area contributed by atoms with E-state index in [-0.39, 0.29) is 5.91 Å². The van der Waals surface area contributed by atoms with Gasteiger partial charge in [0.25, 0.3) is 0 Å². The van der Waals surface area contributed by atoms with E-state index < -0.39 is 0 Å². The van der Waals surface area contributed by atoms with Crippen molar-refractivity contribution < 1.29 is 4.79 Å². The molecule has 1 fully saturated rings. The van der Waals surface area contributed by atoms with Crippen molar-refractivity contribution in [3.8, 4) is 0 Å². The molecule has 0 aliphatic carbocycles. The molecule has 16 heavy (non-hydrogen) atoms. The maximum Gasteiger partial charge on any atom is 0.220 e. The molecule has 94 valence electrons. The smallest absolute Gasteiger partial charge is 0.220 e. The molecule has 1 heterocycles. The van der Waals surface area contributed by atoms with E-state index in [0.29, 0.717) is 17.9 Å². The van der Waals surface area contributed by atoms with Crippen LogP contribution in [0.15, 0.2) is 0 Å². The van der Waals surface area contributed by atoms with Gasteiger partial charge in [-0.2, -0.15) is 11.8 Å². The number of piperidine rings is 1. The highest BCUT2D eigenvalue weighted by atomic mass is 32.2. The van der Waals surface area contributed by atoms with Crippen molar-refractivity contribution in [1.29, 1.82) is 0 Å². The molecule has 0 aromatic heterocycles. The van der Waals surface area contributed by atoms with Gasteiger partial charge < -0.3 is 10.6 Å². The van der Waals surface area contributed by atoms with Crippen molar-refractivity contribution in [2.24, 2.45) is 5.41 Å². The zero-order chi connectivity index (χ0) is 12.0. The summed E-state index contributed by atoms with van der Waals surface area (Å²) in [7, 11) is 0. The first-order valence-electron chi connectivity index (χ1n) is 6.05. The fraction of sp³-hybridized carbons (Fsp3) is 0.917. The van der Waals surface area contributed by atoms with Gasteiger partial charge in [-0.1, -0.05) is 13.8 Å². The van der Waals surface area contributed by atoms with Gasteiger partial charge in [-0.3, -0.25) is 4.79 Å². The van der Waals surface area contributed by atoms with E-state index in [1.807, 2.05) is 6.26 Å². The lowest BCUT2D eigenvalue weighted by molar-refractivity contribution is -0.120. The van der Waals surface area contributed by atoms with Crippen LogP contribution in [-0.4, -0.2) is 37.0 Å². The van der Waals surface area contributed by atoms with Crippen molar-refractivity contribution >= 4 is 17.7 Å². The third-order valence-electron chi connectivity index (χ3n) is 3.37. The summed E-state index contributed by atoms with van der Waals surface area (Å²) < 4.78 is 0. The van der Waals surface area contributed by atoms with Crippen molar-refractivity contribution in [3.63, 3.8) is 0 Å². The Morgan fingerprint density at radius 1 is 1.56 bits per heavy atom. The van der Waals surface area contributed by atoms with Gasteiger partial charge in [0.15, 0.2) is 0 Å². The second kappa shape index (κ2) is 6.50. The number of amides is 1. The molecule has 1 aliphatic rings. The van der Waals surface area contributed by atoms with Gasteiger partial charge in [-0.15, -0.1) is 0 Å². The van der Waals surface area contributed by atoms with Gasteiger partial charge in [0.2, 0.25) is 5.91 Å². The highest BCUT2D eigenvalue weighted by Crippen LogP contribution is 2.29. The Hall–Kier alpha value is -0.220. The Kier molecular flexibility index (Phi) is 5.62. The van der Waals surface area contributed by atoms with Crippen LogP contribution in [0.4, 0.5) is 0 Å². The minimum absolute atomic E-state index is 0.178. The zero-order valence-corrected chi connectivity index (χ0v) is 11.5. The maximum absolute atomic E-state index is 11.5. The van der Waals surface area contributed by atoms with Crippen molar-refractivity contribution in [2.45, 2.75) is 39.2 Å². The third kappa shape index (κ3) is 4.34. The van der Waals surface area contributed by atoms with Gasteiger partial charge in [0.05, 0.1) is 0 Å². The first-order valence-corrected chi connectivity index (χ1v) is 7.44. The molecule has 0 aromatic carbocycles. The van der Waals surface area contributed by atoms with E-state index in [4.69, 9.17) is 0 Å². The van der Waals surface area contributed by atoms with Crippen LogP contribution in [0.25, 0.3) is 0 Å². The van der Waals surface area contributed by atoms with Gasteiger partial charge in [-0.05, 0) is 31.1 Å².